The standard InChI is InChI=1S/C17H20N2O2/c1-19(11-9-16-4-2-3-10-18-16)13-15-7-5-14(6-8-15)12-17(20)21/h2-8,10H,9,11-13H2,1H3,(H,20,21). The van der Waals surface area contributed by atoms with Gasteiger partial charge >= 0.3 is 5.97 Å². The summed E-state index contributed by atoms with van der Waals surface area (Å²) in [5.41, 5.74) is 3.12. The van der Waals surface area contributed by atoms with Gasteiger partial charge in [-0.2, -0.15) is 0 Å². The molecule has 0 fully saturated rings. The van der Waals surface area contributed by atoms with Crippen molar-refractivity contribution in [2.24, 2.45) is 0 Å². The third kappa shape index (κ3) is 5.36. The van der Waals surface area contributed by atoms with E-state index in [1.165, 1.54) is 5.56 Å². The van der Waals surface area contributed by atoms with Gasteiger partial charge in [0.25, 0.3) is 0 Å². The summed E-state index contributed by atoms with van der Waals surface area (Å²) in [6.45, 7) is 1.79. The van der Waals surface area contributed by atoms with Crippen LogP contribution in [0.25, 0.3) is 0 Å². The van der Waals surface area contributed by atoms with Crippen LogP contribution in [0.4, 0.5) is 0 Å². The van der Waals surface area contributed by atoms with Gasteiger partial charge in [-0.25, -0.2) is 0 Å². The lowest BCUT2D eigenvalue weighted by Gasteiger charge is -2.16. The molecule has 0 aliphatic carbocycles. The summed E-state index contributed by atoms with van der Waals surface area (Å²) >= 11 is 0. The van der Waals surface area contributed by atoms with Crippen molar-refractivity contribution in [2.45, 2.75) is 19.4 Å². The van der Waals surface area contributed by atoms with Gasteiger partial charge in [-0.3, -0.25) is 9.78 Å². The molecule has 0 amide bonds. The highest BCUT2D eigenvalue weighted by atomic mass is 16.4. The molecule has 1 heterocycles. The van der Waals surface area contributed by atoms with E-state index in [2.05, 4.69) is 16.9 Å². The quantitative estimate of drug-likeness (QED) is 0.848. The number of carbonyl (C=O) groups is 1. The van der Waals surface area contributed by atoms with Crippen molar-refractivity contribution in [2.75, 3.05) is 13.6 Å². The first kappa shape index (κ1) is 15.2. The fourth-order valence-electron chi connectivity index (χ4n) is 2.18. The molecule has 0 unspecified atom stereocenters. The topological polar surface area (TPSA) is 53.4 Å². The van der Waals surface area contributed by atoms with Crippen LogP contribution in [0.3, 0.4) is 0 Å². The predicted molar refractivity (Wildman–Crippen MR) is 82.1 cm³/mol. The van der Waals surface area contributed by atoms with E-state index >= 15 is 0 Å². The van der Waals surface area contributed by atoms with E-state index in [9.17, 15) is 4.79 Å². The molecule has 2 aromatic rings. The van der Waals surface area contributed by atoms with Gasteiger partial charge in [0.15, 0.2) is 0 Å². The summed E-state index contributed by atoms with van der Waals surface area (Å²) in [6, 6.07) is 13.7. The molecule has 0 aliphatic rings. The van der Waals surface area contributed by atoms with Gasteiger partial charge in [-0.05, 0) is 30.3 Å². The van der Waals surface area contributed by atoms with Gasteiger partial charge in [-0.1, -0.05) is 30.3 Å². The van der Waals surface area contributed by atoms with Crippen LogP contribution < -0.4 is 0 Å². The minimum atomic E-state index is -0.796. The van der Waals surface area contributed by atoms with Gasteiger partial charge in [-0.15, -0.1) is 0 Å². The molecule has 1 aromatic heterocycles. The van der Waals surface area contributed by atoms with Crippen molar-refractivity contribution >= 4 is 5.97 Å². The van der Waals surface area contributed by atoms with Crippen LogP contribution in [0.2, 0.25) is 0 Å². The summed E-state index contributed by atoms with van der Waals surface area (Å²) in [7, 11) is 2.08. The van der Waals surface area contributed by atoms with E-state index in [0.29, 0.717) is 0 Å². The predicted octanol–water partition coefficient (Wildman–Crippen LogP) is 2.38. The lowest BCUT2D eigenvalue weighted by Crippen LogP contribution is -2.21. The van der Waals surface area contributed by atoms with Crippen LogP contribution in [-0.4, -0.2) is 34.6 Å². The lowest BCUT2D eigenvalue weighted by atomic mass is 10.1. The van der Waals surface area contributed by atoms with Crippen LogP contribution >= 0.6 is 0 Å². The average Bonchev–Trinajstić information content (AvgIpc) is 2.48. The number of nitrogens with zero attached hydrogens (tertiary/aromatic N) is 2. The molecule has 110 valence electrons. The van der Waals surface area contributed by atoms with E-state index in [0.717, 1.165) is 30.8 Å². The van der Waals surface area contributed by atoms with Gasteiger partial charge in [0.05, 0.1) is 6.42 Å². The number of pyridine rings is 1. The van der Waals surface area contributed by atoms with Gasteiger partial charge < -0.3 is 10.0 Å². The van der Waals surface area contributed by atoms with E-state index in [1.807, 2.05) is 48.7 Å². The zero-order valence-electron chi connectivity index (χ0n) is 12.2. The Morgan fingerprint density at radius 2 is 1.86 bits per heavy atom. The first-order chi connectivity index (χ1) is 10.1. The summed E-state index contributed by atoms with van der Waals surface area (Å²) in [5.74, 6) is -0.796. The Kier molecular flexibility index (Phi) is 5.46. The Morgan fingerprint density at radius 3 is 2.48 bits per heavy atom. The largest absolute Gasteiger partial charge is 0.481 e. The molecule has 4 heteroatoms. The zero-order valence-corrected chi connectivity index (χ0v) is 12.2. The molecule has 0 aliphatic heterocycles. The summed E-state index contributed by atoms with van der Waals surface area (Å²) < 4.78 is 0. The zero-order chi connectivity index (χ0) is 15.1. The van der Waals surface area contributed by atoms with E-state index < -0.39 is 5.97 Å². The van der Waals surface area contributed by atoms with Crippen molar-refractivity contribution in [3.8, 4) is 0 Å². The van der Waals surface area contributed by atoms with Crippen molar-refractivity contribution in [3.63, 3.8) is 0 Å². The maximum atomic E-state index is 10.6. The second-order valence-corrected chi connectivity index (χ2v) is 5.20. The van der Waals surface area contributed by atoms with Crippen LogP contribution in [-0.2, 0) is 24.2 Å². The van der Waals surface area contributed by atoms with Gasteiger partial charge in [0.1, 0.15) is 0 Å². The number of carboxylic acids is 1. The molecule has 0 saturated heterocycles. The molecule has 0 spiro atoms. The van der Waals surface area contributed by atoms with Crippen molar-refractivity contribution in [1.82, 2.24) is 9.88 Å². The fraction of sp³-hybridized carbons (Fsp3) is 0.294. The maximum absolute atomic E-state index is 10.6. The molecule has 0 radical (unpaired) electrons. The monoisotopic (exact) mass is 284 g/mol. The minimum Gasteiger partial charge on any atom is -0.481 e. The molecule has 1 N–H and O–H groups in total. The van der Waals surface area contributed by atoms with Gasteiger partial charge in [0.2, 0.25) is 0 Å². The number of hydrogen-bond acceptors (Lipinski definition) is 3. The second kappa shape index (κ2) is 7.55. The van der Waals surface area contributed by atoms with Crippen LogP contribution in [0, 0.1) is 0 Å². The molecule has 0 bridgehead atoms. The summed E-state index contributed by atoms with van der Waals surface area (Å²) in [4.78, 5) is 17.2. The van der Waals surface area contributed by atoms with E-state index in [4.69, 9.17) is 5.11 Å². The van der Waals surface area contributed by atoms with Crippen molar-refractivity contribution in [3.05, 3.63) is 65.5 Å². The van der Waals surface area contributed by atoms with E-state index in [-0.39, 0.29) is 6.42 Å². The molecule has 21 heavy (non-hydrogen) atoms. The highest BCUT2D eigenvalue weighted by Crippen LogP contribution is 2.08. The third-order valence-electron chi connectivity index (χ3n) is 3.31. The highest BCUT2D eigenvalue weighted by Gasteiger charge is 2.03. The van der Waals surface area contributed by atoms with Crippen molar-refractivity contribution < 1.29 is 9.90 Å². The third-order valence-corrected chi connectivity index (χ3v) is 3.31. The summed E-state index contributed by atoms with van der Waals surface area (Å²) in [6.07, 6.45) is 2.82. The minimum absolute atomic E-state index is 0.0792. The molecule has 2 rings (SSSR count). The van der Waals surface area contributed by atoms with Crippen LogP contribution in [0.1, 0.15) is 16.8 Å². The van der Waals surface area contributed by atoms with E-state index in [1.54, 1.807) is 0 Å². The Morgan fingerprint density at radius 1 is 1.14 bits per heavy atom. The lowest BCUT2D eigenvalue weighted by molar-refractivity contribution is -0.136. The molecule has 1 aromatic carbocycles. The number of hydrogen-bond donors (Lipinski definition) is 1. The number of carboxylic acid groups (broad SMARTS) is 1. The Bertz CT molecular complexity index is 567. The smallest absolute Gasteiger partial charge is 0.307 e. The van der Waals surface area contributed by atoms with Crippen LogP contribution in [0.15, 0.2) is 48.7 Å². The SMILES string of the molecule is CN(CCc1ccccn1)Cc1ccc(CC(=O)O)cc1. The van der Waals surface area contributed by atoms with Crippen LogP contribution in [0.5, 0.6) is 0 Å². The second-order valence-electron chi connectivity index (χ2n) is 5.20. The van der Waals surface area contributed by atoms with Crippen molar-refractivity contribution in [1.29, 1.82) is 0 Å². The van der Waals surface area contributed by atoms with Gasteiger partial charge in [0, 0.05) is 31.4 Å². The highest BCUT2D eigenvalue weighted by molar-refractivity contribution is 5.70. The summed E-state index contributed by atoms with van der Waals surface area (Å²) in [5, 5.41) is 8.75. The number of aromatic nitrogens is 1. The Balaban J connectivity index is 1.82. The number of rotatable bonds is 7. The normalized spacial score (nSPS) is 10.8. The fourth-order valence-corrected chi connectivity index (χ4v) is 2.18. The Hall–Kier alpha value is -2.20. The molecular formula is C17H20N2O2. The molecule has 4 nitrogen and oxygen atoms in total. The number of likely N-dealkylation sites (N-methyl/N-ethyl adjacent to an activating group) is 1. The molecule has 0 saturated carbocycles. The first-order valence-corrected chi connectivity index (χ1v) is 7.01. The first-order valence-electron chi connectivity index (χ1n) is 7.01. The number of benzene rings is 1. The maximum Gasteiger partial charge on any atom is 0.307 e. The molecular weight excluding hydrogens is 264 g/mol. The average molecular weight is 284 g/mol. The Labute approximate surface area is 125 Å². The number of aliphatic carboxylic acids is 1. The molecule has 0 atom stereocenters.